The summed E-state index contributed by atoms with van der Waals surface area (Å²) in [6, 6.07) is 8.12. The first kappa shape index (κ1) is 19.6. The standard InChI is InChI=1S/C21H22ClFN4O2/c1-20(2)11-27(12-4-5-13(22)14(23)10-12)16-7-6-15(25-17(16)20)18(28)26(3)21(8-9-21)19(24)29/h4-7,10H,8-9,11H2,1-3H3,(H2,24,29). The van der Waals surface area contributed by atoms with Gasteiger partial charge in [0.05, 0.1) is 16.4 Å². The average Bonchev–Trinajstić information content (AvgIpc) is 3.44. The number of aromatic nitrogens is 1. The fourth-order valence-corrected chi connectivity index (χ4v) is 4.07. The lowest BCUT2D eigenvalue weighted by Gasteiger charge is -2.25. The molecule has 0 unspecified atom stereocenters. The van der Waals surface area contributed by atoms with Crippen LogP contribution in [0, 0.1) is 5.82 Å². The molecule has 0 spiro atoms. The molecule has 2 amide bonds. The van der Waals surface area contributed by atoms with Gasteiger partial charge < -0.3 is 15.5 Å². The van der Waals surface area contributed by atoms with E-state index >= 15 is 0 Å². The lowest BCUT2D eigenvalue weighted by Crippen LogP contribution is -2.48. The van der Waals surface area contributed by atoms with Gasteiger partial charge in [-0.3, -0.25) is 9.59 Å². The zero-order valence-electron chi connectivity index (χ0n) is 16.5. The fourth-order valence-electron chi connectivity index (χ4n) is 3.96. The minimum atomic E-state index is -0.903. The molecule has 152 valence electrons. The highest BCUT2D eigenvalue weighted by Crippen LogP contribution is 2.44. The van der Waals surface area contributed by atoms with Crippen LogP contribution in [-0.4, -0.2) is 40.8 Å². The van der Waals surface area contributed by atoms with Gasteiger partial charge in [0.25, 0.3) is 5.91 Å². The summed E-state index contributed by atoms with van der Waals surface area (Å²) in [6.45, 7) is 4.62. The maximum Gasteiger partial charge on any atom is 0.273 e. The number of likely N-dealkylation sites (N-methyl/N-ethyl adjacent to an activating group) is 1. The molecule has 1 aliphatic heterocycles. The number of fused-ring (bicyclic) bond motifs is 1. The Labute approximate surface area is 173 Å². The molecule has 2 aliphatic rings. The van der Waals surface area contributed by atoms with Gasteiger partial charge in [-0.05, 0) is 43.2 Å². The molecule has 2 aromatic rings. The van der Waals surface area contributed by atoms with Crippen molar-refractivity contribution in [2.75, 3.05) is 18.5 Å². The van der Waals surface area contributed by atoms with Crippen molar-refractivity contribution in [2.45, 2.75) is 37.6 Å². The number of pyridine rings is 1. The Bertz CT molecular complexity index is 1040. The number of nitrogens with two attached hydrogens (primary N) is 1. The molecule has 1 saturated carbocycles. The number of nitrogens with zero attached hydrogens (tertiary/aromatic N) is 3. The Kier molecular flexibility index (Phi) is 4.35. The number of anilines is 2. The van der Waals surface area contributed by atoms with E-state index in [0.29, 0.717) is 25.1 Å². The molecule has 0 saturated heterocycles. The van der Waals surface area contributed by atoms with E-state index in [9.17, 15) is 14.0 Å². The van der Waals surface area contributed by atoms with E-state index < -0.39 is 17.3 Å². The first-order chi connectivity index (χ1) is 13.6. The Morgan fingerprint density at radius 3 is 2.52 bits per heavy atom. The van der Waals surface area contributed by atoms with Gasteiger partial charge in [0, 0.05) is 24.7 Å². The van der Waals surface area contributed by atoms with Gasteiger partial charge in [0.2, 0.25) is 5.91 Å². The molecule has 1 aliphatic carbocycles. The van der Waals surface area contributed by atoms with Crippen molar-refractivity contribution in [1.82, 2.24) is 9.88 Å². The van der Waals surface area contributed by atoms with Crippen molar-refractivity contribution in [2.24, 2.45) is 5.73 Å². The van der Waals surface area contributed by atoms with E-state index in [1.165, 1.54) is 17.0 Å². The summed E-state index contributed by atoms with van der Waals surface area (Å²) in [5, 5.41) is 0.0676. The number of hydrogen-bond acceptors (Lipinski definition) is 4. The highest BCUT2D eigenvalue weighted by molar-refractivity contribution is 6.30. The zero-order chi connectivity index (χ0) is 21.1. The molecule has 6 nitrogen and oxygen atoms in total. The molecule has 1 fully saturated rings. The van der Waals surface area contributed by atoms with Crippen LogP contribution in [0.25, 0.3) is 0 Å². The maximum atomic E-state index is 14.0. The summed E-state index contributed by atoms with van der Waals surface area (Å²) in [4.78, 5) is 32.7. The zero-order valence-corrected chi connectivity index (χ0v) is 17.3. The number of hydrogen-bond donors (Lipinski definition) is 1. The van der Waals surface area contributed by atoms with E-state index in [4.69, 9.17) is 17.3 Å². The van der Waals surface area contributed by atoms with Crippen molar-refractivity contribution >= 4 is 34.8 Å². The average molecular weight is 417 g/mol. The largest absolute Gasteiger partial charge is 0.368 e. The minimum absolute atomic E-state index is 0.0676. The second-order valence-electron chi connectivity index (χ2n) is 8.39. The minimum Gasteiger partial charge on any atom is -0.368 e. The lowest BCUT2D eigenvalue weighted by molar-refractivity contribution is -0.123. The lowest BCUT2D eigenvalue weighted by atomic mass is 9.91. The number of carbonyl (C=O) groups excluding carboxylic acids is 2. The third-order valence-electron chi connectivity index (χ3n) is 5.92. The molecule has 2 N–H and O–H groups in total. The van der Waals surface area contributed by atoms with Gasteiger partial charge in [-0.15, -0.1) is 0 Å². The van der Waals surface area contributed by atoms with Crippen molar-refractivity contribution in [1.29, 1.82) is 0 Å². The Morgan fingerprint density at radius 1 is 1.24 bits per heavy atom. The quantitative estimate of drug-likeness (QED) is 0.828. The molecule has 0 bridgehead atoms. The van der Waals surface area contributed by atoms with Gasteiger partial charge in [-0.25, -0.2) is 9.37 Å². The first-order valence-corrected chi connectivity index (χ1v) is 9.77. The highest BCUT2D eigenvalue weighted by Gasteiger charge is 2.54. The van der Waals surface area contributed by atoms with Crippen LogP contribution in [0.1, 0.15) is 42.9 Å². The normalized spacial score (nSPS) is 18.3. The molecule has 1 aromatic heterocycles. The molecular weight excluding hydrogens is 395 g/mol. The number of rotatable bonds is 4. The summed E-state index contributed by atoms with van der Waals surface area (Å²) in [5.74, 6) is -1.32. The summed E-state index contributed by atoms with van der Waals surface area (Å²) in [6.07, 6.45) is 1.13. The van der Waals surface area contributed by atoms with Crippen LogP contribution in [0.2, 0.25) is 5.02 Å². The summed E-state index contributed by atoms with van der Waals surface area (Å²) < 4.78 is 14.0. The van der Waals surface area contributed by atoms with Gasteiger partial charge in [0.1, 0.15) is 17.1 Å². The van der Waals surface area contributed by atoms with Gasteiger partial charge in [-0.2, -0.15) is 0 Å². The van der Waals surface area contributed by atoms with Crippen LogP contribution in [0.3, 0.4) is 0 Å². The Balaban J connectivity index is 1.70. The molecule has 2 heterocycles. The van der Waals surface area contributed by atoms with Gasteiger partial charge >= 0.3 is 0 Å². The third-order valence-corrected chi connectivity index (χ3v) is 6.23. The fraction of sp³-hybridized carbons (Fsp3) is 0.381. The number of primary amides is 1. The Hall–Kier alpha value is -2.67. The van der Waals surface area contributed by atoms with Crippen LogP contribution in [0.15, 0.2) is 30.3 Å². The first-order valence-electron chi connectivity index (χ1n) is 9.39. The number of benzene rings is 1. The molecular formula is C21H22ClFN4O2. The summed E-state index contributed by atoms with van der Waals surface area (Å²) in [5.41, 5.74) is 6.71. The topological polar surface area (TPSA) is 79.5 Å². The monoisotopic (exact) mass is 416 g/mol. The van der Waals surface area contributed by atoms with E-state index in [2.05, 4.69) is 4.98 Å². The van der Waals surface area contributed by atoms with Gasteiger partial charge in [-0.1, -0.05) is 25.4 Å². The molecule has 29 heavy (non-hydrogen) atoms. The summed E-state index contributed by atoms with van der Waals surface area (Å²) >= 11 is 5.81. The van der Waals surface area contributed by atoms with Crippen LogP contribution in [0.5, 0.6) is 0 Å². The molecule has 1 aromatic carbocycles. The van der Waals surface area contributed by atoms with E-state index in [0.717, 1.165) is 11.4 Å². The predicted octanol–water partition coefficient (Wildman–Crippen LogP) is 3.39. The maximum absolute atomic E-state index is 14.0. The van der Waals surface area contributed by atoms with E-state index in [1.54, 1.807) is 19.2 Å². The summed E-state index contributed by atoms with van der Waals surface area (Å²) in [7, 11) is 1.59. The van der Waals surface area contributed by atoms with Crippen molar-refractivity contribution in [3.05, 3.63) is 52.6 Å². The number of amides is 2. The predicted molar refractivity (Wildman–Crippen MR) is 109 cm³/mol. The van der Waals surface area contributed by atoms with Crippen LogP contribution in [0.4, 0.5) is 15.8 Å². The number of halogens is 2. The van der Waals surface area contributed by atoms with Crippen molar-refractivity contribution in [3.63, 3.8) is 0 Å². The van der Waals surface area contributed by atoms with Crippen LogP contribution >= 0.6 is 11.6 Å². The van der Waals surface area contributed by atoms with Crippen molar-refractivity contribution < 1.29 is 14.0 Å². The molecule has 0 radical (unpaired) electrons. The van der Waals surface area contributed by atoms with Crippen LogP contribution in [-0.2, 0) is 10.2 Å². The molecule has 8 heteroatoms. The van der Waals surface area contributed by atoms with E-state index in [-0.39, 0.29) is 22.0 Å². The third kappa shape index (κ3) is 3.04. The van der Waals surface area contributed by atoms with Crippen molar-refractivity contribution in [3.8, 4) is 0 Å². The number of carbonyl (C=O) groups is 2. The SMILES string of the molecule is CN(C(=O)c1ccc2c(n1)C(C)(C)CN2c1ccc(Cl)c(F)c1)C1(C(N)=O)CC1. The molecule has 4 rings (SSSR count). The van der Waals surface area contributed by atoms with Crippen LogP contribution < -0.4 is 10.6 Å². The van der Waals surface area contributed by atoms with E-state index in [1.807, 2.05) is 24.8 Å². The second kappa shape index (κ2) is 6.42. The highest BCUT2D eigenvalue weighted by atomic mass is 35.5. The van der Waals surface area contributed by atoms with Gasteiger partial charge in [0.15, 0.2) is 0 Å². The smallest absolute Gasteiger partial charge is 0.273 e. The second-order valence-corrected chi connectivity index (χ2v) is 8.80. The Morgan fingerprint density at radius 2 is 1.93 bits per heavy atom. The molecule has 0 atom stereocenters.